The van der Waals surface area contributed by atoms with Gasteiger partial charge in [-0.05, 0) is 0 Å². The van der Waals surface area contributed by atoms with Crippen molar-refractivity contribution in [3.05, 3.63) is 0 Å². The van der Waals surface area contributed by atoms with Crippen molar-refractivity contribution in [1.29, 1.82) is 0 Å². The van der Waals surface area contributed by atoms with Gasteiger partial charge in [-0.2, -0.15) is 0 Å². The molecule has 5 heteroatoms. The molecular weight excluding hydrogens is 182 g/mol. The smallest absolute Gasteiger partial charge is 0.306 e. The lowest BCUT2D eigenvalue weighted by atomic mass is 10.2. The molecule has 1 atom stereocenters. The van der Waals surface area contributed by atoms with Gasteiger partial charge in [0.2, 0.25) is 0 Å². The van der Waals surface area contributed by atoms with Crippen molar-refractivity contribution in [2.24, 2.45) is 0 Å². The molecule has 0 amide bonds. The third-order valence-corrected chi connectivity index (χ3v) is 1.17. The van der Waals surface area contributed by atoms with E-state index in [4.69, 9.17) is 10.2 Å². The monoisotopic (exact) mass is 198 g/mol. The van der Waals surface area contributed by atoms with E-state index in [1.807, 2.05) is 21.1 Å². The lowest BCUT2D eigenvalue weighted by Crippen LogP contribution is -2.42. The fourth-order valence-electron chi connectivity index (χ4n) is 0.898. The van der Waals surface area contributed by atoms with Crippen LogP contribution in [0, 0.1) is 0 Å². The van der Waals surface area contributed by atoms with E-state index >= 15 is 0 Å². The fraction of sp³-hybridized carbons (Fsp3) is 0.857. The maximum absolute atomic E-state index is 10.1. The Bertz CT molecular complexity index is 144. The summed E-state index contributed by atoms with van der Waals surface area (Å²) in [4.78, 5) is 10.1. The van der Waals surface area contributed by atoms with Gasteiger partial charge in [-0.3, -0.25) is 4.79 Å². The summed E-state index contributed by atoms with van der Waals surface area (Å²) in [6.07, 6.45) is -0.914. The van der Waals surface area contributed by atoms with Gasteiger partial charge in [-0.25, -0.2) is 0 Å². The number of nitrogens with zero attached hydrogens (tertiary/aromatic N) is 1. The van der Waals surface area contributed by atoms with Crippen molar-refractivity contribution in [1.82, 2.24) is 0 Å². The average Bonchev–Trinajstić information content (AvgIpc) is 1.53. The molecule has 0 aromatic carbocycles. The minimum Gasteiger partial charge on any atom is -0.481 e. The van der Waals surface area contributed by atoms with Gasteiger partial charge in [-0.1, -0.05) is 0 Å². The molecule has 12 heavy (non-hydrogen) atoms. The molecule has 4 nitrogen and oxygen atoms in total. The van der Waals surface area contributed by atoms with Crippen LogP contribution in [0.15, 0.2) is 0 Å². The highest BCUT2D eigenvalue weighted by atomic mass is 35.5. The van der Waals surface area contributed by atoms with Crippen molar-refractivity contribution in [2.45, 2.75) is 12.5 Å². The van der Waals surface area contributed by atoms with Crippen LogP contribution in [0.3, 0.4) is 0 Å². The van der Waals surface area contributed by atoms with Crippen LogP contribution in [-0.4, -0.2) is 54.5 Å². The van der Waals surface area contributed by atoms with Gasteiger partial charge in [0, 0.05) is 0 Å². The Kier molecular flexibility index (Phi) is 6.34. The lowest BCUT2D eigenvalue weighted by Gasteiger charge is -2.25. The van der Waals surface area contributed by atoms with E-state index in [-0.39, 0.29) is 18.8 Å². The summed E-state index contributed by atoms with van der Waals surface area (Å²) < 4.78 is 0.578. The molecular formula is C7H17ClNO3+. The first-order valence-electron chi connectivity index (χ1n) is 3.51. The predicted molar refractivity (Wildman–Crippen MR) is 48.4 cm³/mol. The van der Waals surface area contributed by atoms with Crippen LogP contribution in [0.25, 0.3) is 0 Å². The van der Waals surface area contributed by atoms with Crippen LogP contribution < -0.4 is 0 Å². The van der Waals surface area contributed by atoms with E-state index in [9.17, 15) is 4.79 Å². The Morgan fingerprint density at radius 1 is 1.42 bits per heavy atom. The standard InChI is InChI=1S/C7H15NO3.ClH/c1-8(2,3)5-6(9)4-7(10)11;/h6,9H,4-5H2,1-3H3;1H/p+1. The number of rotatable bonds is 4. The fourth-order valence-corrected chi connectivity index (χ4v) is 0.898. The van der Waals surface area contributed by atoms with Gasteiger partial charge in [0.05, 0.1) is 27.6 Å². The summed E-state index contributed by atoms with van der Waals surface area (Å²) in [6, 6.07) is 0. The Morgan fingerprint density at radius 3 is 2.08 bits per heavy atom. The second-order valence-electron chi connectivity index (χ2n) is 3.72. The number of aliphatic hydroxyl groups is 1. The summed E-state index contributed by atoms with van der Waals surface area (Å²) in [5, 5.41) is 17.5. The minimum absolute atomic E-state index is 0. The highest BCUT2D eigenvalue weighted by Gasteiger charge is 2.17. The molecule has 0 aliphatic carbocycles. The second-order valence-corrected chi connectivity index (χ2v) is 3.72. The number of carbonyl (C=O) groups is 1. The summed E-state index contributed by atoms with van der Waals surface area (Å²) in [6.45, 7) is 0.465. The summed E-state index contributed by atoms with van der Waals surface area (Å²) in [5.41, 5.74) is 0. The van der Waals surface area contributed by atoms with E-state index in [0.29, 0.717) is 11.0 Å². The van der Waals surface area contributed by atoms with Gasteiger partial charge < -0.3 is 14.7 Å². The normalized spacial score (nSPS) is 13.3. The van der Waals surface area contributed by atoms with E-state index in [1.165, 1.54) is 0 Å². The van der Waals surface area contributed by atoms with Gasteiger partial charge >= 0.3 is 5.97 Å². The molecule has 0 spiro atoms. The number of halogens is 1. The van der Waals surface area contributed by atoms with Crippen LogP contribution in [-0.2, 0) is 4.79 Å². The molecule has 0 fully saturated rings. The van der Waals surface area contributed by atoms with Crippen molar-refractivity contribution in [3.63, 3.8) is 0 Å². The Balaban J connectivity index is 0. The zero-order valence-electron chi connectivity index (χ0n) is 7.65. The Labute approximate surface area is 78.8 Å². The van der Waals surface area contributed by atoms with Crippen molar-refractivity contribution in [3.8, 4) is 0 Å². The number of hydrogen-bond donors (Lipinski definition) is 2. The van der Waals surface area contributed by atoms with Crippen LogP contribution in [0.1, 0.15) is 6.42 Å². The number of carboxylic acids is 1. The molecule has 0 saturated carbocycles. The largest absolute Gasteiger partial charge is 0.481 e. The first-order chi connectivity index (χ1) is 4.81. The minimum atomic E-state index is -0.953. The van der Waals surface area contributed by atoms with E-state index < -0.39 is 12.1 Å². The highest BCUT2D eigenvalue weighted by molar-refractivity contribution is 5.85. The van der Waals surface area contributed by atoms with Crippen molar-refractivity contribution in [2.75, 3.05) is 27.7 Å². The molecule has 0 bridgehead atoms. The van der Waals surface area contributed by atoms with Crippen LogP contribution >= 0.6 is 12.4 Å². The summed E-state index contributed by atoms with van der Waals surface area (Å²) >= 11 is 0. The number of quaternary nitrogens is 1. The van der Waals surface area contributed by atoms with Gasteiger partial charge in [-0.15, -0.1) is 12.4 Å². The van der Waals surface area contributed by atoms with E-state index in [1.54, 1.807) is 0 Å². The maximum Gasteiger partial charge on any atom is 0.306 e. The second kappa shape index (κ2) is 5.35. The molecule has 1 unspecified atom stereocenters. The third kappa shape index (κ3) is 9.68. The molecule has 74 valence electrons. The third-order valence-electron chi connectivity index (χ3n) is 1.17. The topological polar surface area (TPSA) is 57.5 Å². The maximum atomic E-state index is 10.1. The molecule has 0 aromatic heterocycles. The van der Waals surface area contributed by atoms with Crippen molar-refractivity contribution < 1.29 is 19.5 Å². The number of carboxylic acid groups (broad SMARTS) is 1. The van der Waals surface area contributed by atoms with Crippen LogP contribution in [0.4, 0.5) is 0 Å². The average molecular weight is 199 g/mol. The van der Waals surface area contributed by atoms with Gasteiger partial charge in [0.1, 0.15) is 12.6 Å². The first kappa shape index (κ1) is 14.2. The molecule has 0 aromatic rings. The van der Waals surface area contributed by atoms with Gasteiger partial charge in [0.15, 0.2) is 0 Å². The number of likely N-dealkylation sites (N-methyl/N-ethyl adjacent to an activating group) is 1. The van der Waals surface area contributed by atoms with Crippen LogP contribution in [0.5, 0.6) is 0 Å². The Morgan fingerprint density at radius 2 is 1.83 bits per heavy atom. The number of aliphatic carboxylic acids is 1. The van der Waals surface area contributed by atoms with Crippen molar-refractivity contribution >= 4 is 18.4 Å². The zero-order valence-corrected chi connectivity index (χ0v) is 8.47. The predicted octanol–water partition coefficient (Wildman–Crippen LogP) is -0.0500. The molecule has 0 saturated heterocycles. The SMILES string of the molecule is C[N+](C)(C)CC(O)CC(=O)O.Cl. The van der Waals surface area contributed by atoms with Gasteiger partial charge in [0.25, 0.3) is 0 Å². The molecule has 0 rings (SSSR count). The summed E-state index contributed by atoms with van der Waals surface area (Å²) in [7, 11) is 5.72. The lowest BCUT2D eigenvalue weighted by molar-refractivity contribution is -0.873. The van der Waals surface area contributed by atoms with Crippen LogP contribution in [0.2, 0.25) is 0 Å². The Hall–Kier alpha value is -0.320. The zero-order chi connectivity index (χ0) is 9.07. The van der Waals surface area contributed by atoms with E-state index in [0.717, 1.165) is 0 Å². The molecule has 2 N–H and O–H groups in total. The number of hydrogen-bond acceptors (Lipinski definition) is 2. The molecule has 0 aliphatic heterocycles. The quantitative estimate of drug-likeness (QED) is 0.623. The summed E-state index contributed by atoms with van der Waals surface area (Å²) in [5.74, 6) is -0.953. The van der Waals surface area contributed by atoms with E-state index in [2.05, 4.69) is 0 Å². The molecule has 0 radical (unpaired) electrons. The molecule has 0 aliphatic rings. The highest BCUT2D eigenvalue weighted by Crippen LogP contribution is 1.98. The first-order valence-corrected chi connectivity index (χ1v) is 3.51. The number of aliphatic hydroxyl groups excluding tert-OH is 1. The molecule has 0 heterocycles.